The number of rotatable bonds is 1. The molecule has 2 heterocycles. The third kappa shape index (κ3) is 1.85. The van der Waals surface area contributed by atoms with Crippen molar-refractivity contribution in [2.45, 2.75) is 0 Å². The second kappa shape index (κ2) is 4.21. The van der Waals surface area contributed by atoms with Gasteiger partial charge in [0.25, 0.3) is 0 Å². The van der Waals surface area contributed by atoms with Crippen molar-refractivity contribution in [1.82, 2.24) is 4.98 Å². The molecule has 18 heavy (non-hydrogen) atoms. The van der Waals surface area contributed by atoms with E-state index < -0.39 is 0 Å². The standard InChI is InChI=1S/C14H7FN2S/c15-11-3-4-12(17-8-11)14-6-10-2-1-9(7-16)5-13(10)18-14/h1-6,8H. The first-order valence-electron chi connectivity index (χ1n) is 5.32. The zero-order valence-electron chi connectivity index (χ0n) is 9.22. The molecule has 0 aliphatic rings. The quantitative estimate of drug-likeness (QED) is 0.658. The lowest BCUT2D eigenvalue weighted by Crippen LogP contribution is -1.80. The van der Waals surface area contributed by atoms with E-state index in [0.717, 1.165) is 20.7 Å². The summed E-state index contributed by atoms with van der Waals surface area (Å²) in [6, 6.07) is 12.7. The summed E-state index contributed by atoms with van der Waals surface area (Å²) in [5.74, 6) is -0.341. The molecule has 0 saturated carbocycles. The Labute approximate surface area is 107 Å². The highest BCUT2D eigenvalue weighted by Gasteiger charge is 2.06. The zero-order chi connectivity index (χ0) is 12.5. The average Bonchev–Trinajstić information content (AvgIpc) is 2.82. The van der Waals surface area contributed by atoms with Crippen molar-refractivity contribution < 1.29 is 4.39 Å². The van der Waals surface area contributed by atoms with Gasteiger partial charge < -0.3 is 0 Å². The van der Waals surface area contributed by atoms with Crippen molar-refractivity contribution in [3.05, 3.63) is 54.0 Å². The van der Waals surface area contributed by atoms with Gasteiger partial charge in [-0.3, -0.25) is 4.98 Å². The van der Waals surface area contributed by atoms with Crippen LogP contribution in [0.1, 0.15) is 5.56 Å². The van der Waals surface area contributed by atoms with Crippen LogP contribution in [0.25, 0.3) is 20.7 Å². The largest absolute Gasteiger partial charge is 0.252 e. The molecule has 0 bridgehead atoms. The van der Waals surface area contributed by atoms with Crippen LogP contribution in [0.4, 0.5) is 4.39 Å². The van der Waals surface area contributed by atoms with Crippen LogP contribution in [0, 0.1) is 17.1 Å². The number of hydrogen-bond donors (Lipinski definition) is 0. The van der Waals surface area contributed by atoms with Gasteiger partial charge in [0.1, 0.15) is 5.82 Å². The summed E-state index contributed by atoms with van der Waals surface area (Å²) in [5, 5.41) is 9.92. The molecule has 0 N–H and O–H groups in total. The molecule has 0 unspecified atom stereocenters. The molecular weight excluding hydrogens is 247 g/mol. The van der Waals surface area contributed by atoms with E-state index in [-0.39, 0.29) is 5.82 Å². The molecule has 3 aromatic rings. The number of halogens is 1. The van der Waals surface area contributed by atoms with Gasteiger partial charge in [-0.15, -0.1) is 11.3 Å². The van der Waals surface area contributed by atoms with Crippen LogP contribution in [-0.2, 0) is 0 Å². The van der Waals surface area contributed by atoms with Crippen LogP contribution < -0.4 is 0 Å². The van der Waals surface area contributed by atoms with E-state index >= 15 is 0 Å². The van der Waals surface area contributed by atoms with Crippen molar-refractivity contribution >= 4 is 21.4 Å². The van der Waals surface area contributed by atoms with Gasteiger partial charge in [0.15, 0.2) is 0 Å². The van der Waals surface area contributed by atoms with Gasteiger partial charge in [-0.2, -0.15) is 5.26 Å². The highest BCUT2D eigenvalue weighted by atomic mass is 32.1. The maximum Gasteiger partial charge on any atom is 0.141 e. The van der Waals surface area contributed by atoms with Gasteiger partial charge in [0.2, 0.25) is 0 Å². The molecule has 2 nitrogen and oxygen atoms in total. The van der Waals surface area contributed by atoms with Crippen LogP contribution in [0.15, 0.2) is 42.6 Å². The number of thiophene rings is 1. The molecule has 1 aromatic carbocycles. The molecule has 2 aromatic heterocycles. The SMILES string of the molecule is N#Cc1ccc2cc(-c3ccc(F)cn3)sc2c1. The van der Waals surface area contributed by atoms with Crippen LogP contribution in [0.2, 0.25) is 0 Å². The van der Waals surface area contributed by atoms with Crippen molar-refractivity contribution in [1.29, 1.82) is 5.26 Å². The molecule has 0 aliphatic carbocycles. The molecule has 0 saturated heterocycles. The number of benzene rings is 1. The minimum atomic E-state index is -0.341. The lowest BCUT2D eigenvalue weighted by atomic mass is 10.2. The second-order valence-corrected chi connectivity index (χ2v) is 4.92. The summed E-state index contributed by atoms with van der Waals surface area (Å²) in [5.41, 5.74) is 1.39. The van der Waals surface area contributed by atoms with Crippen LogP contribution in [0.5, 0.6) is 0 Å². The predicted molar refractivity (Wildman–Crippen MR) is 69.7 cm³/mol. The number of fused-ring (bicyclic) bond motifs is 1. The molecule has 86 valence electrons. The van der Waals surface area contributed by atoms with Crippen LogP contribution >= 0.6 is 11.3 Å². The number of nitriles is 1. The van der Waals surface area contributed by atoms with E-state index in [1.807, 2.05) is 18.2 Å². The average molecular weight is 254 g/mol. The van der Waals surface area contributed by atoms with Crippen molar-refractivity contribution in [3.8, 4) is 16.6 Å². The molecular formula is C14H7FN2S. The maximum atomic E-state index is 12.8. The second-order valence-electron chi connectivity index (χ2n) is 3.84. The zero-order valence-corrected chi connectivity index (χ0v) is 10.0. The van der Waals surface area contributed by atoms with E-state index in [2.05, 4.69) is 11.1 Å². The fraction of sp³-hybridized carbons (Fsp3) is 0. The first-order valence-corrected chi connectivity index (χ1v) is 6.13. The predicted octanol–water partition coefficient (Wildman–Crippen LogP) is 3.97. The highest BCUT2D eigenvalue weighted by Crippen LogP contribution is 2.32. The molecule has 0 atom stereocenters. The Kier molecular flexibility index (Phi) is 2.54. The summed E-state index contributed by atoms with van der Waals surface area (Å²) < 4.78 is 13.8. The lowest BCUT2D eigenvalue weighted by Gasteiger charge is -1.94. The fourth-order valence-corrected chi connectivity index (χ4v) is 2.83. The monoisotopic (exact) mass is 254 g/mol. The number of pyridine rings is 1. The summed E-state index contributed by atoms with van der Waals surface area (Å²) >= 11 is 1.55. The molecule has 3 rings (SSSR count). The highest BCUT2D eigenvalue weighted by molar-refractivity contribution is 7.22. The molecule has 0 amide bonds. The van der Waals surface area contributed by atoms with E-state index in [1.54, 1.807) is 23.5 Å². The van der Waals surface area contributed by atoms with Crippen LogP contribution in [0.3, 0.4) is 0 Å². The third-order valence-electron chi connectivity index (χ3n) is 2.63. The van der Waals surface area contributed by atoms with Crippen molar-refractivity contribution in [2.75, 3.05) is 0 Å². The van der Waals surface area contributed by atoms with E-state index in [0.29, 0.717) is 5.56 Å². The van der Waals surface area contributed by atoms with Gasteiger partial charge in [-0.1, -0.05) is 6.07 Å². The molecule has 0 spiro atoms. The molecule has 0 aliphatic heterocycles. The van der Waals surface area contributed by atoms with Crippen molar-refractivity contribution in [2.24, 2.45) is 0 Å². The number of aromatic nitrogens is 1. The maximum absolute atomic E-state index is 12.8. The molecule has 0 fully saturated rings. The van der Waals surface area contributed by atoms with Crippen molar-refractivity contribution in [3.63, 3.8) is 0 Å². The van der Waals surface area contributed by atoms with E-state index in [1.165, 1.54) is 12.3 Å². The summed E-state index contributed by atoms with van der Waals surface area (Å²) in [6.45, 7) is 0. The lowest BCUT2D eigenvalue weighted by molar-refractivity contribution is 0.622. The minimum absolute atomic E-state index is 0.341. The van der Waals surface area contributed by atoms with Gasteiger partial charge in [0, 0.05) is 4.70 Å². The Morgan fingerprint density at radius 3 is 2.78 bits per heavy atom. The van der Waals surface area contributed by atoms with E-state index in [9.17, 15) is 4.39 Å². The van der Waals surface area contributed by atoms with Gasteiger partial charge in [-0.25, -0.2) is 4.39 Å². The Bertz CT molecular complexity index is 754. The Balaban J connectivity index is 2.13. The minimum Gasteiger partial charge on any atom is -0.252 e. The Morgan fingerprint density at radius 1 is 1.17 bits per heavy atom. The smallest absolute Gasteiger partial charge is 0.141 e. The first kappa shape index (κ1) is 10.9. The normalized spacial score (nSPS) is 10.4. The number of hydrogen-bond acceptors (Lipinski definition) is 3. The Morgan fingerprint density at radius 2 is 2.06 bits per heavy atom. The summed E-state index contributed by atoms with van der Waals surface area (Å²) in [6.07, 6.45) is 1.21. The Hall–Kier alpha value is -2.25. The molecule has 0 radical (unpaired) electrons. The van der Waals surface area contributed by atoms with Gasteiger partial charge >= 0.3 is 0 Å². The summed E-state index contributed by atoms with van der Waals surface area (Å²) in [7, 11) is 0. The summed E-state index contributed by atoms with van der Waals surface area (Å²) in [4.78, 5) is 5.03. The fourth-order valence-electron chi connectivity index (χ4n) is 1.75. The number of nitrogens with zero attached hydrogens (tertiary/aromatic N) is 2. The molecule has 4 heteroatoms. The third-order valence-corrected chi connectivity index (χ3v) is 3.75. The van der Waals surface area contributed by atoms with E-state index in [4.69, 9.17) is 5.26 Å². The first-order chi connectivity index (χ1) is 8.76. The van der Waals surface area contributed by atoms with Gasteiger partial charge in [0.05, 0.1) is 28.4 Å². The topological polar surface area (TPSA) is 36.7 Å². The van der Waals surface area contributed by atoms with Crippen LogP contribution in [-0.4, -0.2) is 4.98 Å². The van der Waals surface area contributed by atoms with Gasteiger partial charge in [-0.05, 0) is 35.7 Å².